The summed E-state index contributed by atoms with van der Waals surface area (Å²) in [4.78, 5) is 5.80. The zero-order valence-corrected chi connectivity index (χ0v) is 12.5. The van der Waals surface area contributed by atoms with E-state index in [2.05, 4.69) is 63.9 Å². The standard InChI is InChI=1S/C12H16BrN3S/c1-7(2)8(3)14-12-15-10-5-4-9(13)6-11(10)17-16-12/h4-8H,1-3H3,(H2,14,15,16). The van der Waals surface area contributed by atoms with Crippen molar-refractivity contribution in [2.45, 2.75) is 31.7 Å². The first kappa shape index (κ1) is 12.8. The molecular weight excluding hydrogens is 298 g/mol. The number of guanidine groups is 1. The Kier molecular flexibility index (Phi) is 3.99. The van der Waals surface area contributed by atoms with Gasteiger partial charge in [-0.05, 0) is 43.0 Å². The van der Waals surface area contributed by atoms with Crippen LogP contribution in [0.25, 0.3) is 0 Å². The molecule has 0 aromatic heterocycles. The average molecular weight is 314 g/mol. The van der Waals surface area contributed by atoms with E-state index in [-0.39, 0.29) is 0 Å². The number of rotatable bonds is 2. The van der Waals surface area contributed by atoms with Gasteiger partial charge in [-0.3, -0.25) is 4.72 Å². The molecule has 2 rings (SSSR count). The van der Waals surface area contributed by atoms with E-state index in [1.54, 1.807) is 11.9 Å². The number of anilines is 1. The summed E-state index contributed by atoms with van der Waals surface area (Å²) in [6, 6.07) is 6.48. The first-order valence-corrected chi connectivity index (χ1v) is 7.24. The molecule has 0 aliphatic carbocycles. The maximum Gasteiger partial charge on any atom is 0.206 e. The van der Waals surface area contributed by atoms with E-state index in [0.717, 1.165) is 16.1 Å². The Morgan fingerprint density at radius 1 is 1.29 bits per heavy atom. The second-order valence-electron chi connectivity index (χ2n) is 4.43. The van der Waals surface area contributed by atoms with Crippen LogP contribution in [0.1, 0.15) is 20.8 Å². The molecule has 1 aliphatic rings. The van der Waals surface area contributed by atoms with Crippen molar-refractivity contribution >= 4 is 39.5 Å². The highest BCUT2D eigenvalue weighted by molar-refractivity contribution is 9.10. The summed E-state index contributed by atoms with van der Waals surface area (Å²) in [6.45, 7) is 6.48. The highest BCUT2D eigenvalue weighted by Gasteiger charge is 2.15. The molecule has 1 heterocycles. The minimum Gasteiger partial charge on any atom is -0.325 e. The van der Waals surface area contributed by atoms with Gasteiger partial charge in [0, 0.05) is 4.47 Å². The van der Waals surface area contributed by atoms with Crippen LogP contribution in [0, 0.1) is 5.92 Å². The van der Waals surface area contributed by atoms with Crippen molar-refractivity contribution in [2.24, 2.45) is 10.9 Å². The van der Waals surface area contributed by atoms with E-state index in [0.29, 0.717) is 12.0 Å². The number of hydrogen-bond donors (Lipinski definition) is 2. The molecule has 92 valence electrons. The lowest BCUT2D eigenvalue weighted by Crippen LogP contribution is -2.31. The van der Waals surface area contributed by atoms with E-state index in [1.165, 1.54) is 4.90 Å². The van der Waals surface area contributed by atoms with E-state index in [9.17, 15) is 0 Å². The summed E-state index contributed by atoms with van der Waals surface area (Å²) < 4.78 is 4.31. The van der Waals surface area contributed by atoms with Crippen molar-refractivity contribution < 1.29 is 0 Å². The Labute approximate surface area is 115 Å². The predicted molar refractivity (Wildman–Crippen MR) is 78.5 cm³/mol. The number of aliphatic imine (C=N–C) groups is 1. The average Bonchev–Trinajstić information content (AvgIpc) is 2.29. The molecule has 1 atom stereocenters. The molecule has 0 bridgehead atoms. The molecule has 17 heavy (non-hydrogen) atoms. The monoisotopic (exact) mass is 313 g/mol. The van der Waals surface area contributed by atoms with Crippen LogP contribution in [0.4, 0.5) is 5.69 Å². The van der Waals surface area contributed by atoms with Gasteiger partial charge in [-0.15, -0.1) is 0 Å². The highest BCUT2D eigenvalue weighted by atomic mass is 79.9. The van der Waals surface area contributed by atoms with Gasteiger partial charge in [0.1, 0.15) is 0 Å². The molecule has 5 heteroatoms. The SMILES string of the molecule is CC(C)C(C)N=C1NSc2cc(Br)ccc2N1. The predicted octanol–water partition coefficient (Wildman–Crippen LogP) is 3.87. The van der Waals surface area contributed by atoms with Gasteiger partial charge in [0.25, 0.3) is 0 Å². The third-order valence-corrected chi connectivity index (χ3v) is 4.10. The fourth-order valence-electron chi connectivity index (χ4n) is 1.35. The Morgan fingerprint density at radius 2 is 2.06 bits per heavy atom. The molecule has 2 N–H and O–H groups in total. The van der Waals surface area contributed by atoms with Crippen LogP contribution in [0.2, 0.25) is 0 Å². The molecule has 0 spiro atoms. The second-order valence-corrected chi connectivity index (χ2v) is 6.20. The van der Waals surface area contributed by atoms with E-state index >= 15 is 0 Å². The molecule has 0 amide bonds. The molecule has 0 radical (unpaired) electrons. The fourth-order valence-corrected chi connectivity index (χ4v) is 2.59. The van der Waals surface area contributed by atoms with Gasteiger partial charge in [0.05, 0.1) is 16.6 Å². The van der Waals surface area contributed by atoms with Gasteiger partial charge in [-0.25, -0.2) is 4.99 Å². The Balaban J connectivity index is 2.16. The van der Waals surface area contributed by atoms with Gasteiger partial charge in [0.2, 0.25) is 5.96 Å². The van der Waals surface area contributed by atoms with Gasteiger partial charge in [-0.2, -0.15) is 0 Å². The van der Waals surface area contributed by atoms with Crippen LogP contribution in [-0.4, -0.2) is 12.0 Å². The third-order valence-electron chi connectivity index (χ3n) is 2.75. The van der Waals surface area contributed by atoms with Crippen LogP contribution in [-0.2, 0) is 0 Å². The van der Waals surface area contributed by atoms with Crippen LogP contribution in [0.5, 0.6) is 0 Å². The second kappa shape index (κ2) is 5.31. The first-order chi connectivity index (χ1) is 8.06. The summed E-state index contributed by atoms with van der Waals surface area (Å²) in [5, 5.41) is 3.31. The maximum atomic E-state index is 4.62. The van der Waals surface area contributed by atoms with Crippen molar-refractivity contribution in [2.75, 3.05) is 5.32 Å². The topological polar surface area (TPSA) is 36.4 Å². The summed E-state index contributed by atoms with van der Waals surface area (Å²) in [7, 11) is 0. The van der Waals surface area contributed by atoms with Crippen molar-refractivity contribution in [3.63, 3.8) is 0 Å². The first-order valence-electron chi connectivity index (χ1n) is 5.63. The molecule has 1 aliphatic heterocycles. The van der Waals surface area contributed by atoms with E-state index in [1.807, 2.05) is 6.07 Å². The van der Waals surface area contributed by atoms with Crippen molar-refractivity contribution in [1.29, 1.82) is 0 Å². The summed E-state index contributed by atoms with van der Waals surface area (Å²) in [6.07, 6.45) is 0. The van der Waals surface area contributed by atoms with Crippen LogP contribution < -0.4 is 10.0 Å². The molecule has 1 aromatic carbocycles. The minimum atomic E-state index is 0.308. The largest absolute Gasteiger partial charge is 0.325 e. The van der Waals surface area contributed by atoms with Crippen LogP contribution in [0.15, 0.2) is 32.6 Å². The zero-order valence-electron chi connectivity index (χ0n) is 10.1. The normalized spacial score (nSPS) is 18.5. The number of halogens is 1. The highest BCUT2D eigenvalue weighted by Crippen LogP contribution is 2.31. The van der Waals surface area contributed by atoms with Gasteiger partial charge < -0.3 is 5.32 Å². The molecule has 3 nitrogen and oxygen atoms in total. The number of nitrogens with one attached hydrogen (secondary N) is 2. The molecular formula is C12H16BrN3S. The van der Waals surface area contributed by atoms with E-state index in [4.69, 9.17) is 0 Å². The van der Waals surface area contributed by atoms with Gasteiger partial charge in [0.15, 0.2) is 0 Å². The smallest absolute Gasteiger partial charge is 0.206 e. The van der Waals surface area contributed by atoms with Crippen molar-refractivity contribution in [3.05, 3.63) is 22.7 Å². The summed E-state index contributed by atoms with van der Waals surface area (Å²) in [5.74, 6) is 1.38. The van der Waals surface area contributed by atoms with Gasteiger partial charge >= 0.3 is 0 Å². The van der Waals surface area contributed by atoms with Crippen molar-refractivity contribution in [1.82, 2.24) is 4.72 Å². The maximum absolute atomic E-state index is 4.62. The quantitative estimate of drug-likeness (QED) is 0.814. The third kappa shape index (κ3) is 3.16. The van der Waals surface area contributed by atoms with Gasteiger partial charge in [-0.1, -0.05) is 29.8 Å². The number of benzene rings is 1. The Morgan fingerprint density at radius 3 is 2.76 bits per heavy atom. The van der Waals surface area contributed by atoms with Crippen molar-refractivity contribution in [3.8, 4) is 0 Å². The Bertz CT molecular complexity index is 445. The zero-order chi connectivity index (χ0) is 12.4. The molecule has 0 fully saturated rings. The van der Waals surface area contributed by atoms with Crippen LogP contribution in [0.3, 0.4) is 0 Å². The lowest BCUT2D eigenvalue weighted by atomic mass is 10.1. The molecule has 0 saturated carbocycles. The van der Waals surface area contributed by atoms with Crippen LogP contribution >= 0.6 is 27.9 Å². The molecule has 1 unspecified atom stereocenters. The minimum absolute atomic E-state index is 0.308. The van der Waals surface area contributed by atoms with E-state index < -0.39 is 0 Å². The molecule has 1 aromatic rings. The lowest BCUT2D eigenvalue weighted by Gasteiger charge is -2.22. The number of nitrogens with zero attached hydrogens (tertiary/aromatic N) is 1. The fraction of sp³-hybridized carbons (Fsp3) is 0.417. The summed E-state index contributed by atoms with van der Waals surface area (Å²) >= 11 is 5.06. The number of fused-ring (bicyclic) bond motifs is 1. The number of hydrogen-bond acceptors (Lipinski definition) is 2. The Hall–Kier alpha value is -0.680. The lowest BCUT2D eigenvalue weighted by molar-refractivity contribution is 0.530. The molecule has 0 saturated heterocycles. The summed E-state index contributed by atoms with van der Waals surface area (Å²) in [5.41, 5.74) is 1.10.